The first-order valence-corrected chi connectivity index (χ1v) is 11.4. The van der Waals surface area contributed by atoms with Crippen LogP contribution in [0.1, 0.15) is 28.0 Å². The predicted octanol–water partition coefficient (Wildman–Crippen LogP) is 6.00. The van der Waals surface area contributed by atoms with Gasteiger partial charge in [-0.05, 0) is 43.0 Å². The molecule has 31 heavy (non-hydrogen) atoms. The number of likely N-dealkylation sites (N-methyl/N-ethyl adjacent to an activating group) is 1. The number of benzene rings is 2. The summed E-state index contributed by atoms with van der Waals surface area (Å²) in [5.74, 6) is 0.179. The van der Waals surface area contributed by atoms with E-state index >= 15 is 0 Å². The molecule has 3 aromatic rings. The fourth-order valence-electron chi connectivity index (χ4n) is 3.83. The zero-order valence-corrected chi connectivity index (χ0v) is 20.6. The van der Waals surface area contributed by atoms with E-state index < -0.39 is 0 Å². The predicted molar refractivity (Wildman–Crippen MR) is 137 cm³/mol. The third-order valence-corrected chi connectivity index (χ3v) is 6.38. The number of aromatic amines is 1. The smallest absolute Gasteiger partial charge is 0.166 e. The van der Waals surface area contributed by atoms with E-state index in [-0.39, 0.29) is 18.2 Å². The third-order valence-electron chi connectivity index (χ3n) is 5.63. The molecule has 0 saturated carbocycles. The second-order valence-corrected chi connectivity index (χ2v) is 9.16. The lowest BCUT2D eigenvalue weighted by molar-refractivity contribution is 0.0943. The number of Topliss-reactive ketones (excluding diaryl/α,β-unsaturated/α-hetero) is 1. The van der Waals surface area contributed by atoms with Crippen LogP contribution in [0, 0.1) is 0 Å². The minimum atomic E-state index is 0. The van der Waals surface area contributed by atoms with Gasteiger partial charge in [-0.1, -0.05) is 51.8 Å². The Morgan fingerprint density at radius 3 is 2.52 bits per heavy atom. The lowest BCUT2D eigenvalue weighted by Gasteiger charge is -2.32. The summed E-state index contributed by atoms with van der Waals surface area (Å²) in [6.07, 6.45) is 4.52. The molecule has 4 rings (SSSR count). The Morgan fingerprint density at radius 1 is 1.10 bits per heavy atom. The van der Waals surface area contributed by atoms with Crippen LogP contribution < -0.4 is 0 Å². The lowest BCUT2D eigenvalue weighted by Crippen LogP contribution is -2.45. The number of fused-ring (bicyclic) bond motifs is 1. The summed E-state index contributed by atoms with van der Waals surface area (Å²) in [5.41, 5.74) is 3.62. The van der Waals surface area contributed by atoms with Gasteiger partial charge in [-0.15, -0.1) is 12.4 Å². The van der Waals surface area contributed by atoms with Gasteiger partial charge in [-0.3, -0.25) is 4.79 Å². The molecule has 1 saturated heterocycles. The van der Waals surface area contributed by atoms with E-state index in [0.717, 1.165) is 64.9 Å². The SMILES string of the molecule is CN1CCN(CCC(=O)c2c(/C=C/c3ccc(Cl)cc3)[nH]c3cc(Br)ccc23)CC1.Cl. The van der Waals surface area contributed by atoms with Gasteiger partial charge >= 0.3 is 0 Å². The number of carbonyl (C=O) groups excluding carboxylic acids is 1. The van der Waals surface area contributed by atoms with Crippen LogP contribution in [0.25, 0.3) is 23.1 Å². The number of nitrogens with one attached hydrogen (secondary N) is 1. The summed E-state index contributed by atoms with van der Waals surface area (Å²) >= 11 is 9.51. The Bertz CT molecular complexity index is 1070. The number of ketones is 1. The van der Waals surface area contributed by atoms with Crippen molar-refractivity contribution in [1.29, 1.82) is 0 Å². The van der Waals surface area contributed by atoms with E-state index in [2.05, 4.69) is 37.8 Å². The van der Waals surface area contributed by atoms with Crippen LogP contribution in [0.4, 0.5) is 0 Å². The molecule has 0 unspecified atom stereocenters. The van der Waals surface area contributed by atoms with Crippen molar-refractivity contribution in [3.05, 3.63) is 68.8 Å². The highest BCUT2D eigenvalue weighted by molar-refractivity contribution is 9.10. The number of hydrogen-bond acceptors (Lipinski definition) is 3. The second kappa shape index (κ2) is 10.8. The van der Waals surface area contributed by atoms with Gasteiger partial charge in [0.1, 0.15) is 0 Å². The summed E-state index contributed by atoms with van der Waals surface area (Å²) in [7, 11) is 2.14. The molecule has 1 fully saturated rings. The summed E-state index contributed by atoms with van der Waals surface area (Å²) in [6.45, 7) is 4.97. The van der Waals surface area contributed by atoms with Gasteiger partial charge in [-0.25, -0.2) is 0 Å². The number of carbonyl (C=O) groups is 1. The molecule has 1 aliphatic rings. The first-order chi connectivity index (χ1) is 14.5. The molecule has 1 N–H and O–H groups in total. The zero-order chi connectivity index (χ0) is 21.1. The summed E-state index contributed by atoms with van der Waals surface area (Å²) < 4.78 is 0.987. The molecule has 164 valence electrons. The largest absolute Gasteiger partial charge is 0.354 e. The lowest BCUT2D eigenvalue weighted by atomic mass is 10.0. The van der Waals surface area contributed by atoms with Gasteiger partial charge in [0.05, 0.1) is 11.3 Å². The first-order valence-electron chi connectivity index (χ1n) is 10.2. The van der Waals surface area contributed by atoms with Gasteiger partial charge in [0.25, 0.3) is 0 Å². The minimum absolute atomic E-state index is 0. The van der Waals surface area contributed by atoms with Crippen LogP contribution in [-0.2, 0) is 0 Å². The van der Waals surface area contributed by atoms with Crippen LogP contribution in [0.2, 0.25) is 5.02 Å². The molecule has 0 spiro atoms. The minimum Gasteiger partial charge on any atom is -0.354 e. The Labute approximate surface area is 202 Å². The molecule has 0 atom stereocenters. The average molecular weight is 523 g/mol. The second-order valence-electron chi connectivity index (χ2n) is 7.81. The molecule has 0 bridgehead atoms. The maximum atomic E-state index is 13.3. The quantitative estimate of drug-likeness (QED) is 0.404. The van der Waals surface area contributed by atoms with Crippen LogP contribution in [0.15, 0.2) is 46.9 Å². The molecule has 0 aliphatic carbocycles. The van der Waals surface area contributed by atoms with Crippen molar-refractivity contribution in [3.8, 4) is 0 Å². The number of rotatable bonds is 6. The van der Waals surface area contributed by atoms with E-state index in [1.54, 1.807) is 0 Å². The summed E-state index contributed by atoms with van der Waals surface area (Å²) in [4.78, 5) is 21.4. The van der Waals surface area contributed by atoms with Crippen LogP contribution >= 0.6 is 39.9 Å². The van der Waals surface area contributed by atoms with Crippen LogP contribution in [0.3, 0.4) is 0 Å². The molecule has 1 aliphatic heterocycles. The molecular weight excluding hydrogens is 497 g/mol. The number of aromatic nitrogens is 1. The van der Waals surface area contributed by atoms with Gasteiger partial charge < -0.3 is 14.8 Å². The number of piperazine rings is 1. The van der Waals surface area contributed by atoms with Crippen molar-refractivity contribution in [2.75, 3.05) is 39.8 Å². The van der Waals surface area contributed by atoms with Crippen molar-refractivity contribution in [3.63, 3.8) is 0 Å². The summed E-state index contributed by atoms with van der Waals surface area (Å²) in [6, 6.07) is 13.7. The average Bonchev–Trinajstić information content (AvgIpc) is 3.10. The third kappa shape index (κ3) is 5.99. The number of H-pyrrole nitrogens is 1. The highest BCUT2D eigenvalue weighted by Crippen LogP contribution is 2.28. The van der Waals surface area contributed by atoms with E-state index in [1.165, 1.54) is 0 Å². The Hall–Kier alpha value is -1.63. The Kier molecular flexibility index (Phi) is 8.36. The highest BCUT2D eigenvalue weighted by atomic mass is 79.9. The van der Waals surface area contributed by atoms with Crippen molar-refractivity contribution in [2.24, 2.45) is 0 Å². The molecule has 7 heteroatoms. The molecule has 0 radical (unpaired) electrons. The normalized spacial score (nSPS) is 15.5. The fraction of sp³-hybridized carbons (Fsp3) is 0.292. The molecule has 1 aromatic heterocycles. The summed E-state index contributed by atoms with van der Waals surface area (Å²) in [5, 5.41) is 1.68. The molecule has 2 aromatic carbocycles. The molecule has 2 heterocycles. The van der Waals surface area contributed by atoms with Gasteiger partial charge in [0, 0.05) is 59.5 Å². The van der Waals surface area contributed by atoms with Crippen molar-refractivity contribution in [2.45, 2.75) is 6.42 Å². The number of halogens is 3. The first kappa shape index (κ1) is 24.0. The number of hydrogen-bond donors (Lipinski definition) is 1. The standard InChI is InChI=1S/C24H25BrClN3O.ClH/c1-28-12-14-29(15-13-28)11-10-23(30)24-20-8-5-18(25)16-22(20)27-21(24)9-4-17-2-6-19(26)7-3-17;/h2-9,16,27H,10-15H2,1H3;1H/b9-4+;. The van der Waals surface area contributed by atoms with E-state index in [9.17, 15) is 4.79 Å². The fourth-order valence-corrected chi connectivity index (χ4v) is 4.31. The van der Waals surface area contributed by atoms with Crippen molar-refractivity contribution in [1.82, 2.24) is 14.8 Å². The Morgan fingerprint density at radius 2 is 1.81 bits per heavy atom. The molecular formula is C24H26BrCl2N3O. The van der Waals surface area contributed by atoms with Crippen LogP contribution in [-0.4, -0.2) is 60.3 Å². The van der Waals surface area contributed by atoms with Crippen LogP contribution in [0.5, 0.6) is 0 Å². The Balaban J connectivity index is 0.00000272. The van der Waals surface area contributed by atoms with Gasteiger partial charge in [0.2, 0.25) is 0 Å². The molecule has 0 amide bonds. The maximum Gasteiger partial charge on any atom is 0.166 e. The maximum absolute atomic E-state index is 13.3. The number of nitrogens with zero attached hydrogens (tertiary/aromatic N) is 2. The van der Waals surface area contributed by atoms with Gasteiger partial charge in [-0.2, -0.15) is 0 Å². The van der Waals surface area contributed by atoms with Crippen molar-refractivity contribution >= 4 is 68.8 Å². The topological polar surface area (TPSA) is 39.3 Å². The van der Waals surface area contributed by atoms with E-state index in [4.69, 9.17) is 11.6 Å². The van der Waals surface area contributed by atoms with Gasteiger partial charge in [0.15, 0.2) is 5.78 Å². The molecule has 4 nitrogen and oxygen atoms in total. The van der Waals surface area contributed by atoms with E-state index in [1.807, 2.05) is 54.6 Å². The monoisotopic (exact) mass is 521 g/mol. The van der Waals surface area contributed by atoms with Crippen molar-refractivity contribution < 1.29 is 4.79 Å². The van der Waals surface area contributed by atoms with E-state index in [0.29, 0.717) is 11.4 Å². The highest BCUT2D eigenvalue weighted by Gasteiger charge is 2.20. The zero-order valence-electron chi connectivity index (χ0n) is 17.4.